The number of rotatable bonds is 5. The molecule has 0 aliphatic heterocycles. The summed E-state index contributed by atoms with van der Waals surface area (Å²) in [5.74, 6) is -3.00. The Morgan fingerprint density at radius 3 is 2.25 bits per heavy atom. The van der Waals surface area contributed by atoms with Gasteiger partial charge in [0.2, 0.25) is 5.91 Å². The molecule has 2 rings (SSSR count). The van der Waals surface area contributed by atoms with E-state index in [2.05, 4.69) is 0 Å². The lowest BCUT2D eigenvalue weighted by Crippen LogP contribution is -2.37. The Kier molecular flexibility index (Phi) is 5.54. The van der Waals surface area contributed by atoms with Crippen LogP contribution in [0, 0.1) is 5.82 Å². The molecule has 2 aromatic carbocycles. The monoisotopic (exact) mass is 350 g/mol. The lowest BCUT2D eigenvalue weighted by molar-refractivity contribution is -0.171. The number of hydroxylamine groups is 2. The number of halogens is 2. The van der Waals surface area contributed by atoms with Gasteiger partial charge in [-0.3, -0.25) is 14.4 Å². The molecule has 126 valence electrons. The molecule has 0 spiro atoms. The zero-order valence-electron chi connectivity index (χ0n) is 13.1. The van der Waals surface area contributed by atoms with Crippen molar-refractivity contribution in [2.75, 3.05) is 14.2 Å². The van der Waals surface area contributed by atoms with Crippen molar-refractivity contribution in [3.05, 3.63) is 58.9 Å². The second-order valence-corrected chi connectivity index (χ2v) is 5.51. The van der Waals surface area contributed by atoms with Gasteiger partial charge in [-0.1, -0.05) is 41.9 Å². The molecule has 2 aromatic rings. The van der Waals surface area contributed by atoms with Gasteiger partial charge in [0, 0.05) is 7.05 Å². The maximum atomic E-state index is 13.2. The number of amides is 2. The van der Waals surface area contributed by atoms with Crippen LogP contribution in [0.15, 0.2) is 42.5 Å². The van der Waals surface area contributed by atoms with E-state index in [1.807, 2.05) is 0 Å². The lowest BCUT2D eigenvalue weighted by Gasteiger charge is -2.20. The molecule has 0 bridgehead atoms. The Hall–Kier alpha value is -2.44. The molecule has 2 N–H and O–H groups in total. The van der Waals surface area contributed by atoms with E-state index in [-0.39, 0.29) is 5.02 Å². The van der Waals surface area contributed by atoms with Gasteiger partial charge in [0.15, 0.2) is 0 Å². The quantitative estimate of drug-likeness (QED) is 0.665. The Morgan fingerprint density at radius 1 is 1.17 bits per heavy atom. The number of likely N-dealkylation sites (N-methyl/N-ethyl adjacent to an activating group) is 1. The fourth-order valence-corrected chi connectivity index (χ4v) is 2.42. The Balaban J connectivity index is 2.34. The third-order valence-corrected chi connectivity index (χ3v) is 3.90. The molecular weight excluding hydrogens is 335 g/mol. The normalized spacial score (nSPS) is 11.8. The number of benzene rings is 2. The van der Waals surface area contributed by atoms with Crippen molar-refractivity contribution < 1.29 is 18.8 Å². The van der Waals surface area contributed by atoms with Crippen LogP contribution in [0.1, 0.15) is 11.5 Å². The first-order chi connectivity index (χ1) is 11.3. The third kappa shape index (κ3) is 3.72. The van der Waals surface area contributed by atoms with Crippen molar-refractivity contribution in [3.8, 4) is 11.1 Å². The highest BCUT2D eigenvalue weighted by molar-refractivity contribution is 6.31. The summed E-state index contributed by atoms with van der Waals surface area (Å²) < 4.78 is 13.2. The third-order valence-electron chi connectivity index (χ3n) is 3.61. The van der Waals surface area contributed by atoms with E-state index in [0.29, 0.717) is 11.1 Å². The van der Waals surface area contributed by atoms with E-state index < -0.39 is 23.5 Å². The summed E-state index contributed by atoms with van der Waals surface area (Å²) in [4.78, 5) is 28.7. The molecule has 0 fully saturated rings. The van der Waals surface area contributed by atoms with Gasteiger partial charge >= 0.3 is 0 Å². The van der Waals surface area contributed by atoms with Crippen LogP contribution in [-0.4, -0.2) is 31.0 Å². The van der Waals surface area contributed by atoms with Gasteiger partial charge in [-0.25, -0.2) is 9.45 Å². The van der Waals surface area contributed by atoms with Crippen LogP contribution in [0.3, 0.4) is 0 Å². The van der Waals surface area contributed by atoms with E-state index >= 15 is 0 Å². The van der Waals surface area contributed by atoms with Crippen molar-refractivity contribution >= 4 is 23.4 Å². The zero-order chi connectivity index (χ0) is 17.9. The van der Waals surface area contributed by atoms with Crippen LogP contribution < -0.4 is 5.73 Å². The molecule has 0 radical (unpaired) electrons. The molecular formula is C17H16ClFN2O3. The Bertz CT molecular complexity index is 765. The minimum absolute atomic E-state index is 0.0171. The number of hydrogen-bond acceptors (Lipinski definition) is 3. The first-order valence-corrected chi connectivity index (χ1v) is 7.39. The van der Waals surface area contributed by atoms with Gasteiger partial charge in [0.25, 0.3) is 5.91 Å². The Morgan fingerprint density at radius 2 is 1.75 bits per heavy atom. The van der Waals surface area contributed by atoms with Crippen LogP contribution in [0.5, 0.6) is 0 Å². The van der Waals surface area contributed by atoms with E-state index in [1.165, 1.54) is 26.3 Å². The minimum atomic E-state index is -1.15. The fraction of sp³-hybridized carbons (Fsp3) is 0.176. The second-order valence-electron chi connectivity index (χ2n) is 5.10. The average Bonchev–Trinajstić information content (AvgIpc) is 2.57. The van der Waals surface area contributed by atoms with Crippen molar-refractivity contribution in [2.24, 2.45) is 5.73 Å². The van der Waals surface area contributed by atoms with E-state index in [0.717, 1.165) is 10.6 Å². The first-order valence-electron chi connectivity index (χ1n) is 7.01. The predicted molar refractivity (Wildman–Crippen MR) is 88.6 cm³/mol. The van der Waals surface area contributed by atoms with Crippen LogP contribution in [0.25, 0.3) is 11.1 Å². The highest BCUT2D eigenvalue weighted by atomic mass is 35.5. The van der Waals surface area contributed by atoms with Gasteiger partial charge in [-0.2, -0.15) is 0 Å². The van der Waals surface area contributed by atoms with Crippen molar-refractivity contribution in [3.63, 3.8) is 0 Å². The molecule has 0 saturated heterocycles. The SMILES string of the molecule is CON(C)C(=O)C(C(N)=O)c1ccc(-c2ccc(F)c(Cl)c2)cc1. The molecule has 0 aromatic heterocycles. The van der Waals surface area contributed by atoms with Gasteiger partial charge in [-0.05, 0) is 28.8 Å². The number of carbonyl (C=O) groups is 2. The van der Waals surface area contributed by atoms with Crippen LogP contribution in [-0.2, 0) is 14.4 Å². The van der Waals surface area contributed by atoms with Crippen LogP contribution >= 0.6 is 11.6 Å². The van der Waals surface area contributed by atoms with Crippen molar-refractivity contribution in [2.45, 2.75) is 5.92 Å². The lowest BCUT2D eigenvalue weighted by atomic mass is 9.95. The summed E-state index contributed by atoms with van der Waals surface area (Å²) in [6.07, 6.45) is 0. The molecule has 0 heterocycles. The molecule has 0 saturated carbocycles. The number of nitrogens with zero attached hydrogens (tertiary/aromatic N) is 1. The molecule has 7 heteroatoms. The molecule has 1 atom stereocenters. The van der Waals surface area contributed by atoms with Crippen LogP contribution in [0.2, 0.25) is 5.02 Å². The first kappa shape index (κ1) is 17.9. The summed E-state index contributed by atoms with van der Waals surface area (Å²) in [5.41, 5.74) is 7.26. The van der Waals surface area contributed by atoms with Gasteiger partial charge < -0.3 is 5.73 Å². The van der Waals surface area contributed by atoms with Crippen molar-refractivity contribution in [1.82, 2.24) is 5.06 Å². The molecule has 24 heavy (non-hydrogen) atoms. The van der Waals surface area contributed by atoms with E-state index in [1.54, 1.807) is 30.3 Å². The molecule has 2 amide bonds. The number of nitrogens with two attached hydrogens (primary N) is 1. The summed E-state index contributed by atoms with van der Waals surface area (Å²) in [7, 11) is 2.71. The number of hydrogen-bond donors (Lipinski definition) is 1. The predicted octanol–water partition coefficient (Wildman–Crippen LogP) is 2.73. The van der Waals surface area contributed by atoms with Gasteiger partial charge in [0.05, 0.1) is 12.1 Å². The maximum absolute atomic E-state index is 13.2. The largest absolute Gasteiger partial charge is 0.369 e. The van der Waals surface area contributed by atoms with E-state index in [9.17, 15) is 14.0 Å². The smallest absolute Gasteiger partial charge is 0.262 e. The van der Waals surface area contributed by atoms with Gasteiger partial charge in [0.1, 0.15) is 11.7 Å². The standard InChI is InChI=1S/C17H16ClFN2O3/c1-21(24-2)17(23)15(16(20)22)11-5-3-10(4-6-11)12-7-8-14(19)13(18)9-12/h3-9,15H,1-2H3,(H2,20,22). The zero-order valence-corrected chi connectivity index (χ0v) is 13.9. The summed E-state index contributed by atoms with van der Waals surface area (Å²) >= 11 is 5.78. The average molecular weight is 351 g/mol. The molecule has 0 aliphatic carbocycles. The molecule has 5 nitrogen and oxygen atoms in total. The highest BCUT2D eigenvalue weighted by Gasteiger charge is 2.29. The van der Waals surface area contributed by atoms with Gasteiger partial charge in [-0.15, -0.1) is 0 Å². The van der Waals surface area contributed by atoms with E-state index in [4.69, 9.17) is 22.2 Å². The van der Waals surface area contributed by atoms with Crippen molar-refractivity contribution in [1.29, 1.82) is 0 Å². The Labute approximate surface area is 143 Å². The summed E-state index contributed by atoms with van der Waals surface area (Å²) in [5, 5.41) is 0.965. The summed E-state index contributed by atoms with van der Waals surface area (Å²) in [6.45, 7) is 0. The summed E-state index contributed by atoms with van der Waals surface area (Å²) in [6, 6.07) is 11.0. The topological polar surface area (TPSA) is 72.6 Å². The fourth-order valence-electron chi connectivity index (χ4n) is 2.24. The molecule has 0 aliphatic rings. The molecule has 1 unspecified atom stereocenters. The maximum Gasteiger partial charge on any atom is 0.262 e. The van der Waals surface area contributed by atoms with Crippen LogP contribution in [0.4, 0.5) is 4.39 Å². The second kappa shape index (κ2) is 7.42. The number of carbonyl (C=O) groups excluding carboxylic acids is 2. The number of primary amides is 1. The minimum Gasteiger partial charge on any atom is -0.369 e. The highest BCUT2D eigenvalue weighted by Crippen LogP contribution is 2.27.